The standard InChI is InChI=1S/C17H32N2O/c1-6-18(7-2)13-15-10-11-16(20)17(5,12-15)14-19(8-3)9-4/h10-11,20H,6-9,12-14H2,1-5H3. The first kappa shape index (κ1) is 17.3. The van der Waals surface area contributed by atoms with Crippen LogP contribution in [0.3, 0.4) is 0 Å². The summed E-state index contributed by atoms with van der Waals surface area (Å²) in [4.78, 5) is 4.82. The van der Waals surface area contributed by atoms with Crippen molar-refractivity contribution in [2.75, 3.05) is 39.3 Å². The van der Waals surface area contributed by atoms with E-state index in [0.717, 1.165) is 45.7 Å². The molecule has 1 N–H and O–H groups in total. The molecule has 116 valence electrons. The molecule has 0 spiro atoms. The molecular weight excluding hydrogens is 248 g/mol. The Labute approximate surface area is 125 Å². The average molecular weight is 280 g/mol. The van der Waals surface area contributed by atoms with E-state index in [2.05, 4.69) is 50.5 Å². The van der Waals surface area contributed by atoms with Gasteiger partial charge in [0.05, 0.1) is 5.76 Å². The summed E-state index contributed by atoms with van der Waals surface area (Å²) in [5, 5.41) is 10.3. The Kier molecular flexibility index (Phi) is 6.77. The number of rotatable bonds is 8. The van der Waals surface area contributed by atoms with E-state index in [-0.39, 0.29) is 5.41 Å². The molecule has 1 atom stereocenters. The van der Waals surface area contributed by atoms with E-state index in [9.17, 15) is 5.11 Å². The van der Waals surface area contributed by atoms with E-state index in [1.807, 2.05) is 6.08 Å². The maximum Gasteiger partial charge on any atom is 0.0997 e. The molecule has 0 saturated carbocycles. The van der Waals surface area contributed by atoms with Crippen LogP contribution in [0.2, 0.25) is 0 Å². The Balaban J connectivity index is 2.76. The number of aliphatic hydroxyl groups is 1. The molecule has 0 bridgehead atoms. The maximum absolute atomic E-state index is 10.3. The highest BCUT2D eigenvalue weighted by atomic mass is 16.3. The lowest BCUT2D eigenvalue weighted by molar-refractivity contribution is 0.147. The number of allylic oxidation sites excluding steroid dienone is 2. The van der Waals surface area contributed by atoms with Crippen LogP contribution in [0.1, 0.15) is 41.0 Å². The van der Waals surface area contributed by atoms with E-state index in [4.69, 9.17) is 0 Å². The lowest BCUT2D eigenvalue weighted by Crippen LogP contribution is -2.39. The number of likely N-dealkylation sites (N-methyl/N-ethyl adjacent to an activating group) is 1. The highest BCUT2D eigenvalue weighted by Crippen LogP contribution is 2.37. The van der Waals surface area contributed by atoms with Crippen molar-refractivity contribution in [1.29, 1.82) is 0 Å². The summed E-state index contributed by atoms with van der Waals surface area (Å²) in [5.41, 5.74) is 1.30. The summed E-state index contributed by atoms with van der Waals surface area (Å²) >= 11 is 0. The van der Waals surface area contributed by atoms with E-state index in [1.54, 1.807) is 0 Å². The zero-order valence-corrected chi connectivity index (χ0v) is 13.9. The third-order valence-electron chi connectivity index (χ3n) is 4.50. The molecule has 3 nitrogen and oxygen atoms in total. The molecular formula is C17H32N2O. The van der Waals surface area contributed by atoms with Crippen molar-refractivity contribution in [3.05, 3.63) is 23.5 Å². The van der Waals surface area contributed by atoms with Gasteiger partial charge in [0.2, 0.25) is 0 Å². The summed E-state index contributed by atoms with van der Waals surface area (Å²) in [7, 11) is 0. The van der Waals surface area contributed by atoms with Gasteiger partial charge in [-0.05, 0) is 38.7 Å². The molecule has 1 unspecified atom stereocenters. The van der Waals surface area contributed by atoms with E-state index >= 15 is 0 Å². The Morgan fingerprint density at radius 1 is 1.00 bits per heavy atom. The Hall–Kier alpha value is -0.800. The van der Waals surface area contributed by atoms with Crippen molar-refractivity contribution in [2.45, 2.75) is 41.0 Å². The second kappa shape index (κ2) is 7.84. The molecule has 0 aliphatic heterocycles. The van der Waals surface area contributed by atoms with Crippen LogP contribution in [0.15, 0.2) is 23.5 Å². The van der Waals surface area contributed by atoms with Gasteiger partial charge in [0.25, 0.3) is 0 Å². The molecule has 0 amide bonds. The second-order valence-corrected chi connectivity index (χ2v) is 6.04. The summed E-state index contributed by atoms with van der Waals surface area (Å²) in [6, 6.07) is 0. The van der Waals surface area contributed by atoms with Crippen LogP contribution in [0.25, 0.3) is 0 Å². The van der Waals surface area contributed by atoms with Crippen LogP contribution in [0.4, 0.5) is 0 Å². The summed E-state index contributed by atoms with van der Waals surface area (Å²) in [5.74, 6) is 0.535. The minimum absolute atomic E-state index is 0.136. The van der Waals surface area contributed by atoms with E-state index < -0.39 is 0 Å². The molecule has 0 aromatic carbocycles. The van der Waals surface area contributed by atoms with Gasteiger partial charge in [-0.25, -0.2) is 0 Å². The molecule has 1 aliphatic rings. The smallest absolute Gasteiger partial charge is 0.0997 e. The van der Waals surface area contributed by atoms with Crippen LogP contribution in [0.5, 0.6) is 0 Å². The van der Waals surface area contributed by atoms with Crippen molar-refractivity contribution < 1.29 is 5.11 Å². The maximum atomic E-state index is 10.3. The fraction of sp³-hybridized carbons (Fsp3) is 0.765. The third-order valence-corrected chi connectivity index (χ3v) is 4.50. The predicted octanol–water partition coefficient (Wildman–Crippen LogP) is 3.45. The van der Waals surface area contributed by atoms with E-state index in [1.165, 1.54) is 5.57 Å². The lowest BCUT2D eigenvalue weighted by atomic mass is 9.77. The lowest BCUT2D eigenvalue weighted by Gasteiger charge is -2.37. The summed E-state index contributed by atoms with van der Waals surface area (Å²) in [6.07, 6.45) is 4.98. The van der Waals surface area contributed by atoms with Crippen molar-refractivity contribution in [3.8, 4) is 0 Å². The molecule has 1 rings (SSSR count). The monoisotopic (exact) mass is 280 g/mol. The van der Waals surface area contributed by atoms with Gasteiger partial charge in [-0.1, -0.05) is 46.3 Å². The summed E-state index contributed by atoms with van der Waals surface area (Å²) in [6.45, 7) is 17.1. The highest BCUT2D eigenvalue weighted by molar-refractivity contribution is 5.28. The molecule has 0 saturated heterocycles. The first-order chi connectivity index (χ1) is 9.48. The zero-order valence-electron chi connectivity index (χ0n) is 13.9. The van der Waals surface area contributed by atoms with Crippen LogP contribution < -0.4 is 0 Å². The van der Waals surface area contributed by atoms with Crippen LogP contribution in [-0.2, 0) is 0 Å². The molecule has 0 aromatic rings. The topological polar surface area (TPSA) is 26.7 Å². The quantitative estimate of drug-likeness (QED) is 0.738. The zero-order chi connectivity index (χ0) is 15.2. The second-order valence-electron chi connectivity index (χ2n) is 6.04. The first-order valence-electron chi connectivity index (χ1n) is 8.02. The van der Waals surface area contributed by atoms with Crippen LogP contribution >= 0.6 is 0 Å². The Bertz CT molecular complexity index is 354. The first-order valence-corrected chi connectivity index (χ1v) is 8.02. The highest BCUT2D eigenvalue weighted by Gasteiger charge is 2.33. The molecule has 0 heterocycles. The predicted molar refractivity (Wildman–Crippen MR) is 87.1 cm³/mol. The largest absolute Gasteiger partial charge is 0.512 e. The Morgan fingerprint density at radius 3 is 2.05 bits per heavy atom. The van der Waals surface area contributed by atoms with Crippen LogP contribution in [0, 0.1) is 5.41 Å². The fourth-order valence-electron chi connectivity index (χ4n) is 2.97. The van der Waals surface area contributed by atoms with Crippen molar-refractivity contribution >= 4 is 0 Å². The number of nitrogens with zero attached hydrogens (tertiary/aromatic N) is 2. The third kappa shape index (κ3) is 4.35. The van der Waals surface area contributed by atoms with Gasteiger partial charge in [-0.15, -0.1) is 0 Å². The SMILES string of the molecule is CCN(CC)CC1=CC=C(O)C(C)(CN(CC)CC)C1. The Morgan fingerprint density at radius 2 is 1.55 bits per heavy atom. The normalized spacial score (nSPS) is 23.1. The average Bonchev–Trinajstić information content (AvgIpc) is 2.46. The fourth-order valence-corrected chi connectivity index (χ4v) is 2.97. The number of hydrogen-bond acceptors (Lipinski definition) is 3. The summed E-state index contributed by atoms with van der Waals surface area (Å²) < 4.78 is 0. The van der Waals surface area contributed by atoms with Gasteiger partial charge in [-0.3, -0.25) is 4.90 Å². The van der Waals surface area contributed by atoms with E-state index in [0.29, 0.717) is 5.76 Å². The van der Waals surface area contributed by atoms with Gasteiger partial charge in [0.1, 0.15) is 0 Å². The number of aliphatic hydroxyl groups excluding tert-OH is 1. The molecule has 0 aromatic heterocycles. The van der Waals surface area contributed by atoms with Crippen molar-refractivity contribution in [2.24, 2.45) is 5.41 Å². The van der Waals surface area contributed by atoms with Crippen molar-refractivity contribution in [3.63, 3.8) is 0 Å². The van der Waals surface area contributed by atoms with Gasteiger partial charge in [0, 0.05) is 18.5 Å². The molecule has 0 radical (unpaired) electrons. The minimum atomic E-state index is -0.136. The van der Waals surface area contributed by atoms with Crippen molar-refractivity contribution in [1.82, 2.24) is 9.80 Å². The van der Waals surface area contributed by atoms with Gasteiger partial charge < -0.3 is 10.0 Å². The molecule has 3 heteroatoms. The van der Waals surface area contributed by atoms with Gasteiger partial charge in [-0.2, -0.15) is 0 Å². The molecule has 0 fully saturated rings. The molecule has 1 aliphatic carbocycles. The van der Waals surface area contributed by atoms with Gasteiger partial charge in [0.15, 0.2) is 0 Å². The van der Waals surface area contributed by atoms with Crippen LogP contribution in [-0.4, -0.2) is 54.2 Å². The molecule has 20 heavy (non-hydrogen) atoms. The number of hydrogen-bond donors (Lipinski definition) is 1. The van der Waals surface area contributed by atoms with Gasteiger partial charge >= 0.3 is 0 Å². The minimum Gasteiger partial charge on any atom is -0.512 e.